The van der Waals surface area contributed by atoms with Crippen LogP contribution in [0.4, 0.5) is 5.95 Å². The molecule has 0 radical (unpaired) electrons. The predicted octanol–water partition coefficient (Wildman–Crippen LogP) is 0.786. The first-order valence-corrected chi connectivity index (χ1v) is 6.41. The van der Waals surface area contributed by atoms with E-state index in [-0.39, 0.29) is 10.8 Å². The number of benzene rings is 1. The largest absolute Gasteiger partial charge is 0.264 e. The van der Waals surface area contributed by atoms with Crippen LogP contribution in [0.3, 0.4) is 0 Å². The third-order valence-electron chi connectivity index (χ3n) is 2.12. The average Bonchev–Trinajstić information content (AvgIpc) is 2.74. The Labute approximate surface area is 104 Å². The van der Waals surface area contributed by atoms with E-state index >= 15 is 0 Å². The van der Waals surface area contributed by atoms with Gasteiger partial charge in [0.2, 0.25) is 0 Å². The summed E-state index contributed by atoms with van der Waals surface area (Å²) in [6.07, 6.45) is 0. The Morgan fingerprint density at radius 3 is 2.50 bits per heavy atom. The number of H-pyrrole nitrogens is 1. The smallest absolute Gasteiger partial charge is 0.261 e. The Hall–Kier alpha value is -2.40. The summed E-state index contributed by atoms with van der Waals surface area (Å²) in [7, 11) is -3.73. The quantitative estimate of drug-likeness (QED) is 0.850. The van der Waals surface area contributed by atoms with E-state index < -0.39 is 10.0 Å². The summed E-state index contributed by atoms with van der Waals surface area (Å²) in [5.41, 5.74) is 0.391. The number of nitriles is 1. The number of nitrogens with one attached hydrogen (secondary N) is 2. The molecule has 1 aromatic carbocycles. The number of sulfonamides is 1. The van der Waals surface area contributed by atoms with Gasteiger partial charge < -0.3 is 0 Å². The summed E-state index contributed by atoms with van der Waals surface area (Å²) in [4.78, 5) is 3.89. The molecule has 0 spiro atoms. The van der Waals surface area contributed by atoms with Gasteiger partial charge in [0.05, 0.1) is 16.5 Å². The molecule has 2 aromatic rings. The topological polar surface area (TPSA) is 112 Å². The van der Waals surface area contributed by atoms with Crippen molar-refractivity contribution < 1.29 is 8.42 Å². The Morgan fingerprint density at radius 2 is 2.00 bits per heavy atom. The Morgan fingerprint density at radius 1 is 1.33 bits per heavy atom. The van der Waals surface area contributed by atoms with Gasteiger partial charge in [-0.2, -0.15) is 10.2 Å². The van der Waals surface area contributed by atoms with Crippen LogP contribution < -0.4 is 4.72 Å². The number of rotatable bonds is 3. The van der Waals surface area contributed by atoms with Crippen LogP contribution in [0.1, 0.15) is 11.4 Å². The number of nitrogens with zero attached hydrogens (tertiary/aromatic N) is 3. The fourth-order valence-electron chi connectivity index (χ4n) is 1.28. The molecule has 8 heteroatoms. The van der Waals surface area contributed by atoms with Crippen LogP contribution in [0, 0.1) is 18.3 Å². The molecule has 0 amide bonds. The number of hydrogen-bond acceptors (Lipinski definition) is 5. The van der Waals surface area contributed by atoms with Crippen molar-refractivity contribution in [3.05, 3.63) is 35.7 Å². The van der Waals surface area contributed by atoms with Crippen molar-refractivity contribution in [3.8, 4) is 6.07 Å². The molecule has 0 saturated carbocycles. The third kappa shape index (κ3) is 2.46. The zero-order valence-corrected chi connectivity index (χ0v) is 10.2. The van der Waals surface area contributed by atoms with Gasteiger partial charge in [0.15, 0.2) is 0 Å². The van der Waals surface area contributed by atoms with Gasteiger partial charge in [-0.3, -0.25) is 5.10 Å². The molecule has 18 heavy (non-hydrogen) atoms. The highest BCUT2D eigenvalue weighted by Crippen LogP contribution is 2.13. The van der Waals surface area contributed by atoms with Crippen molar-refractivity contribution in [1.29, 1.82) is 5.26 Å². The Balaban J connectivity index is 2.28. The minimum Gasteiger partial charge on any atom is -0.261 e. The number of hydrogen-bond donors (Lipinski definition) is 2. The number of aryl methyl sites for hydroxylation is 1. The van der Waals surface area contributed by atoms with E-state index in [0.717, 1.165) is 0 Å². The standard InChI is InChI=1S/C10H9N5O2S/c1-7-12-10(14-13-7)15-18(16,17)9-4-2-8(6-11)3-5-9/h2-5H,1H3,(H2,12,13,14,15). The molecule has 0 fully saturated rings. The highest BCUT2D eigenvalue weighted by atomic mass is 32.2. The highest BCUT2D eigenvalue weighted by molar-refractivity contribution is 7.92. The molecule has 0 atom stereocenters. The van der Waals surface area contributed by atoms with Crippen LogP contribution in [0.5, 0.6) is 0 Å². The SMILES string of the molecule is Cc1nc(NS(=O)(=O)c2ccc(C#N)cc2)n[nH]1. The van der Waals surface area contributed by atoms with Crippen LogP contribution in [0.2, 0.25) is 0 Å². The second-order valence-corrected chi connectivity index (χ2v) is 5.17. The Bertz CT molecular complexity index is 697. The minimum atomic E-state index is -3.73. The number of aromatic nitrogens is 3. The van der Waals surface area contributed by atoms with Crippen molar-refractivity contribution in [3.63, 3.8) is 0 Å². The average molecular weight is 263 g/mol. The van der Waals surface area contributed by atoms with E-state index in [2.05, 4.69) is 19.9 Å². The van der Waals surface area contributed by atoms with Crippen LogP contribution >= 0.6 is 0 Å². The molecule has 0 bridgehead atoms. The van der Waals surface area contributed by atoms with E-state index in [1.54, 1.807) is 6.92 Å². The maximum Gasteiger partial charge on any atom is 0.264 e. The van der Waals surface area contributed by atoms with Gasteiger partial charge in [0.25, 0.3) is 16.0 Å². The van der Waals surface area contributed by atoms with Gasteiger partial charge in [0.1, 0.15) is 5.82 Å². The van der Waals surface area contributed by atoms with Crippen LogP contribution in [-0.2, 0) is 10.0 Å². The first-order valence-electron chi connectivity index (χ1n) is 4.93. The van der Waals surface area contributed by atoms with Gasteiger partial charge in [-0.05, 0) is 31.2 Å². The van der Waals surface area contributed by atoms with Crippen molar-refractivity contribution in [1.82, 2.24) is 15.2 Å². The lowest BCUT2D eigenvalue weighted by atomic mass is 10.2. The highest BCUT2D eigenvalue weighted by Gasteiger charge is 2.16. The summed E-state index contributed by atoms with van der Waals surface area (Å²) in [6, 6.07) is 7.47. The van der Waals surface area contributed by atoms with E-state index in [4.69, 9.17) is 5.26 Å². The van der Waals surface area contributed by atoms with Gasteiger partial charge in [-0.1, -0.05) is 0 Å². The fraction of sp³-hybridized carbons (Fsp3) is 0.100. The summed E-state index contributed by atoms with van der Waals surface area (Å²) in [6.45, 7) is 1.66. The number of aromatic amines is 1. The second-order valence-electron chi connectivity index (χ2n) is 3.49. The lowest BCUT2D eigenvalue weighted by molar-refractivity contribution is 0.601. The summed E-state index contributed by atoms with van der Waals surface area (Å²) in [5, 5.41) is 14.8. The molecule has 92 valence electrons. The molecule has 0 aliphatic heterocycles. The van der Waals surface area contributed by atoms with Crippen molar-refractivity contribution in [2.75, 3.05) is 4.72 Å². The molecular weight excluding hydrogens is 254 g/mol. The van der Waals surface area contributed by atoms with E-state index in [1.165, 1.54) is 24.3 Å². The van der Waals surface area contributed by atoms with E-state index in [0.29, 0.717) is 11.4 Å². The first kappa shape index (κ1) is 12.1. The van der Waals surface area contributed by atoms with Gasteiger partial charge in [-0.15, -0.1) is 5.10 Å². The van der Waals surface area contributed by atoms with Crippen molar-refractivity contribution in [2.45, 2.75) is 11.8 Å². The molecular formula is C10H9N5O2S. The predicted molar refractivity (Wildman–Crippen MR) is 63.1 cm³/mol. The Kier molecular flexibility index (Phi) is 2.99. The van der Waals surface area contributed by atoms with Crippen molar-refractivity contribution in [2.24, 2.45) is 0 Å². The van der Waals surface area contributed by atoms with E-state index in [1.807, 2.05) is 6.07 Å². The maximum absolute atomic E-state index is 11.9. The molecule has 1 aromatic heterocycles. The monoisotopic (exact) mass is 263 g/mol. The summed E-state index contributed by atoms with van der Waals surface area (Å²) >= 11 is 0. The molecule has 2 rings (SSSR count). The van der Waals surface area contributed by atoms with Crippen LogP contribution in [-0.4, -0.2) is 23.6 Å². The maximum atomic E-state index is 11.9. The molecule has 2 N–H and O–H groups in total. The number of anilines is 1. The minimum absolute atomic E-state index is 0.0168. The van der Waals surface area contributed by atoms with E-state index in [9.17, 15) is 8.42 Å². The van der Waals surface area contributed by atoms with Gasteiger partial charge >= 0.3 is 0 Å². The lowest BCUT2D eigenvalue weighted by Crippen LogP contribution is -2.13. The van der Waals surface area contributed by atoms with Crippen LogP contribution in [0.25, 0.3) is 0 Å². The van der Waals surface area contributed by atoms with Gasteiger partial charge in [-0.25, -0.2) is 13.1 Å². The zero-order chi connectivity index (χ0) is 13.2. The molecule has 0 aliphatic carbocycles. The lowest BCUT2D eigenvalue weighted by Gasteiger charge is -2.03. The molecule has 0 aliphatic rings. The summed E-state index contributed by atoms with van der Waals surface area (Å²) in [5.74, 6) is 0.490. The molecule has 1 heterocycles. The molecule has 0 unspecified atom stereocenters. The summed E-state index contributed by atoms with van der Waals surface area (Å²) < 4.78 is 26.1. The van der Waals surface area contributed by atoms with Gasteiger partial charge in [0, 0.05) is 0 Å². The zero-order valence-electron chi connectivity index (χ0n) is 9.38. The second kappa shape index (κ2) is 4.46. The van der Waals surface area contributed by atoms with Crippen LogP contribution in [0.15, 0.2) is 29.2 Å². The molecule has 7 nitrogen and oxygen atoms in total. The third-order valence-corrected chi connectivity index (χ3v) is 3.46. The fourth-order valence-corrected chi connectivity index (χ4v) is 2.22. The first-order chi connectivity index (χ1) is 8.51. The normalized spacial score (nSPS) is 10.9. The molecule has 0 saturated heterocycles. The van der Waals surface area contributed by atoms with Crippen molar-refractivity contribution >= 4 is 16.0 Å².